The molecule has 0 heterocycles. The average molecular weight is 312 g/mol. The maximum absolute atomic E-state index is 13.8. The Morgan fingerprint density at radius 3 is 2.41 bits per heavy atom. The van der Waals surface area contributed by atoms with E-state index >= 15 is 0 Å². The number of amides is 2. The number of benzene rings is 1. The van der Waals surface area contributed by atoms with Gasteiger partial charge in [-0.1, -0.05) is 13.3 Å². The van der Waals surface area contributed by atoms with Gasteiger partial charge in [0.2, 0.25) is 11.8 Å². The van der Waals surface area contributed by atoms with Gasteiger partial charge in [-0.25, -0.2) is 8.78 Å². The normalized spacial score (nSPS) is 10.4. The predicted octanol–water partition coefficient (Wildman–Crippen LogP) is 2.97. The van der Waals surface area contributed by atoms with Crippen molar-refractivity contribution < 1.29 is 18.4 Å². The van der Waals surface area contributed by atoms with Gasteiger partial charge in [-0.3, -0.25) is 9.59 Å². The summed E-state index contributed by atoms with van der Waals surface area (Å²) in [6.45, 7) is 4.04. The van der Waals surface area contributed by atoms with Crippen LogP contribution in [-0.4, -0.2) is 36.9 Å². The van der Waals surface area contributed by atoms with E-state index in [0.717, 1.165) is 29.9 Å². The van der Waals surface area contributed by atoms with Crippen LogP contribution in [0.4, 0.5) is 14.5 Å². The van der Waals surface area contributed by atoms with Gasteiger partial charge in [0.05, 0.1) is 5.69 Å². The first kappa shape index (κ1) is 18.1. The van der Waals surface area contributed by atoms with Gasteiger partial charge in [0.25, 0.3) is 0 Å². The van der Waals surface area contributed by atoms with Crippen LogP contribution < -0.4 is 4.90 Å². The van der Waals surface area contributed by atoms with Crippen molar-refractivity contribution in [3.05, 3.63) is 29.8 Å². The molecule has 0 fully saturated rings. The number of halogens is 2. The second kappa shape index (κ2) is 8.46. The molecule has 0 bridgehead atoms. The number of carbonyl (C=O) groups excluding carboxylic acids is 2. The minimum atomic E-state index is -0.818. The van der Waals surface area contributed by atoms with Crippen molar-refractivity contribution in [3.63, 3.8) is 0 Å². The standard InChI is InChI=1S/C16H22F2N2O2/c1-4-5-9-19(3)16(22)8-10-20(12(2)21)15-7-6-13(17)11-14(15)18/h6-7,11H,4-5,8-10H2,1-3H3. The molecular weight excluding hydrogens is 290 g/mol. The molecule has 1 rings (SSSR count). The molecule has 1 aromatic carbocycles. The number of nitrogens with zero attached hydrogens (tertiary/aromatic N) is 2. The van der Waals surface area contributed by atoms with E-state index < -0.39 is 17.5 Å². The van der Waals surface area contributed by atoms with Gasteiger partial charge in [-0.15, -0.1) is 0 Å². The summed E-state index contributed by atoms with van der Waals surface area (Å²) >= 11 is 0. The van der Waals surface area contributed by atoms with Crippen molar-refractivity contribution in [3.8, 4) is 0 Å². The van der Waals surface area contributed by atoms with Gasteiger partial charge in [-0.2, -0.15) is 0 Å². The molecule has 0 atom stereocenters. The van der Waals surface area contributed by atoms with Gasteiger partial charge in [0, 0.05) is 39.5 Å². The van der Waals surface area contributed by atoms with E-state index in [1.54, 1.807) is 11.9 Å². The van der Waals surface area contributed by atoms with E-state index in [0.29, 0.717) is 6.54 Å². The first-order chi connectivity index (χ1) is 10.4. The summed E-state index contributed by atoms with van der Waals surface area (Å²) in [6.07, 6.45) is 1.99. The van der Waals surface area contributed by atoms with E-state index in [1.807, 2.05) is 6.92 Å². The van der Waals surface area contributed by atoms with Crippen LogP contribution in [0.15, 0.2) is 18.2 Å². The van der Waals surface area contributed by atoms with Crippen LogP contribution in [0.25, 0.3) is 0 Å². The summed E-state index contributed by atoms with van der Waals surface area (Å²) in [6, 6.07) is 3.02. The molecule has 0 N–H and O–H groups in total. The van der Waals surface area contributed by atoms with Crippen LogP contribution in [-0.2, 0) is 9.59 Å². The van der Waals surface area contributed by atoms with Crippen molar-refractivity contribution in [2.45, 2.75) is 33.1 Å². The largest absolute Gasteiger partial charge is 0.346 e. The predicted molar refractivity (Wildman–Crippen MR) is 81.5 cm³/mol. The van der Waals surface area contributed by atoms with E-state index in [2.05, 4.69) is 0 Å². The molecule has 0 aromatic heterocycles. The topological polar surface area (TPSA) is 40.6 Å². The molecule has 0 saturated heterocycles. The molecule has 0 aliphatic carbocycles. The van der Waals surface area contributed by atoms with Crippen LogP contribution in [0.2, 0.25) is 0 Å². The summed E-state index contributed by atoms with van der Waals surface area (Å²) in [7, 11) is 1.70. The van der Waals surface area contributed by atoms with Crippen LogP contribution in [0, 0.1) is 11.6 Å². The lowest BCUT2D eigenvalue weighted by molar-refractivity contribution is -0.129. The highest BCUT2D eigenvalue weighted by Crippen LogP contribution is 2.20. The highest BCUT2D eigenvalue weighted by Gasteiger charge is 2.18. The highest BCUT2D eigenvalue weighted by molar-refractivity contribution is 5.92. The third-order valence-corrected chi connectivity index (χ3v) is 3.40. The van der Waals surface area contributed by atoms with Crippen LogP contribution >= 0.6 is 0 Å². The third kappa shape index (κ3) is 5.09. The average Bonchev–Trinajstić information content (AvgIpc) is 2.46. The van der Waals surface area contributed by atoms with Crippen LogP contribution in [0.1, 0.15) is 33.1 Å². The summed E-state index contributed by atoms with van der Waals surface area (Å²) in [5.74, 6) is -2.03. The molecule has 0 aliphatic rings. The van der Waals surface area contributed by atoms with Crippen molar-refractivity contribution in [1.29, 1.82) is 0 Å². The Hall–Kier alpha value is -1.98. The zero-order valence-corrected chi connectivity index (χ0v) is 13.2. The fourth-order valence-corrected chi connectivity index (χ4v) is 2.07. The third-order valence-electron chi connectivity index (χ3n) is 3.40. The Labute approximate surface area is 129 Å². The second-order valence-corrected chi connectivity index (χ2v) is 5.19. The fraction of sp³-hybridized carbons (Fsp3) is 0.500. The van der Waals surface area contributed by atoms with Crippen molar-refractivity contribution in [1.82, 2.24) is 4.90 Å². The molecule has 0 radical (unpaired) electrons. The van der Waals surface area contributed by atoms with Gasteiger partial charge < -0.3 is 9.80 Å². The molecule has 0 aliphatic heterocycles. The minimum absolute atomic E-state index is 0.0158. The van der Waals surface area contributed by atoms with Crippen LogP contribution in [0.5, 0.6) is 0 Å². The Bertz CT molecular complexity index is 535. The lowest BCUT2D eigenvalue weighted by atomic mass is 10.2. The fourth-order valence-electron chi connectivity index (χ4n) is 2.07. The summed E-state index contributed by atoms with van der Waals surface area (Å²) in [5, 5.41) is 0. The number of hydrogen-bond acceptors (Lipinski definition) is 2. The van der Waals surface area contributed by atoms with E-state index in [-0.39, 0.29) is 24.6 Å². The summed E-state index contributed by atoms with van der Waals surface area (Å²) in [4.78, 5) is 26.4. The lowest BCUT2D eigenvalue weighted by Gasteiger charge is -2.23. The zero-order chi connectivity index (χ0) is 16.7. The number of anilines is 1. The SMILES string of the molecule is CCCCN(C)C(=O)CCN(C(C)=O)c1ccc(F)cc1F. The monoisotopic (exact) mass is 312 g/mol. The number of unbranched alkanes of at least 4 members (excludes halogenated alkanes) is 1. The van der Waals surface area contributed by atoms with Gasteiger partial charge >= 0.3 is 0 Å². The van der Waals surface area contributed by atoms with Gasteiger partial charge in [0.15, 0.2) is 0 Å². The maximum atomic E-state index is 13.8. The first-order valence-corrected chi connectivity index (χ1v) is 7.34. The molecule has 2 amide bonds. The molecule has 4 nitrogen and oxygen atoms in total. The van der Waals surface area contributed by atoms with Crippen molar-refractivity contribution >= 4 is 17.5 Å². The molecule has 122 valence electrons. The van der Waals surface area contributed by atoms with E-state index in [1.165, 1.54) is 13.0 Å². The van der Waals surface area contributed by atoms with Crippen molar-refractivity contribution in [2.24, 2.45) is 0 Å². The Morgan fingerprint density at radius 2 is 1.86 bits per heavy atom. The van der Waals surface area contributed by atoms with E-state index in [4.69, 9.17) is 0 Å². The summed E-state index contributed by atoms with van der Waals surface area (Å²) in [5.41, 5.74) is -0.0158. The van der Waals surface area contributed by atoms with Crippen molar-refractivity contribution in [2.75, 3.05) is 25.0 Å². The molecule has 0 saturated carbocycles. The smallest absolute Gasteiger partial charge is 0.224 e. The molecule has 0 spiro atoms. The zero-order valence-electron chi connectivity index (χ0n) is 13.2. The highest BCUT2D eigenvalue weighted by atomic mass is 19.1. The Balaban J connectivity index is 2.73. The van der Waals surface area contributed by atoms with Gasteiger partial charge in [0.1, 0.15) is 11.6 Å². The number of carbonyl (C=O) groups is 2. The quantitative estimate of drug-likeness (QED) is 0.776. The first-order valence-electron chi connectivity index (χ1n) is 7.34. The number of hydrogen-bond donors (Lipinski definition) is 0. The number of rotatable bonds is 7. The Kier molecular flexibility index (Phi) is 6.95. The molecule has 6 heteroatoms. The molecule has 22 heavy (non-hydrogen) atoms. The minimum Gasteiger partial charge on any atom is -0.346 e. The lowest BCUT2D eigenvalue weighted by Crippen LogP contribution is -2.35. The maximum Gasteiger partial charge on any atom is 0.224 e. The van der Waals surface area contributed by atoms with E-state index in [9.17, 15) is 18.4 Å². The van der Waals surface area contributed by atoms with Crippen LogP contribution in [0.3, 0.4) is 0 Å². The molecular formula is C16H22F2N2O2. The summed E-state index contributed by atoms with van der Waals surface area (Å²) < 4.78 is 26.7. The second-order valence-electron chi connectivity index (χ2n) is 5.19. The molecule has 0 unspecified atom stereocenters. The van der Waals surface area contributed by atoms with Gasteiger partial charge in [-0.05, 0) is 18.6 Å². The Morgan fingerprint density at radius 1 is 1.18 bits per heavy atom. The molecule has 1 aromatic rings.